The van der Waals surface area contributed by atoms with E-state index in [4.69, 9.17) is 16.6 Å². The molecule has 0 spiro atoms. The Hall–Kier alpha value is -2.57. The third kappa shape index (κ3) is 4.02. The highest BCUT2D eigenvalue weighted by Gasteiger charge is 2.37. The molecule has 0 bridgehead atoms. The molecular weight excluding hydrogens is 418 g/mol. The number of aromatic nitrogens is 2. The van der Waals surface area contributed by atoms with Gasteiger partial charge in [-0.05, 0) is 42.7 Å². The zero-order valence-electron chi connectivity index (χ0n) is 16.8. The fraction of sp³-hybridized carbons (Fsp3) is 0.261. The molecule has 0 saturated carbocycles. The lowest BCUT2D eigenvalue weighted by Gasteiger charge is -2.34. The minimum absolute atomic E-state index is 0.125. The number of amides is 1. The molecule has 2 aromatic carbocycles. The van der Waals surface area contributed by atoms with Crippen LogP contribution in [0.25, 0.3) is 11.3 Å². The summed E-state index contributed by atoms with van der Waals surface area (Å²) in [5.74, 6) is -0.0432. The molecule has 1 amide bonds. The van der Waals surface area contributed by atoms with E-state index in [0.717, 1.165) is 29.7 Å². The molecule has 4 rings (SSSR count). The molecule has 1 heterocycles. The van der Waals surface area contributed by atoms with Gasteiger partial charge in [0.05, 0.1) is 11.4 Å². The van der Waals surface area contributed by atoms with Gasteiger partial charge in [-0.3, -0.25) is 9.59 Å². The Morgan fingerprint density at radius 1 is 1.23 bits per heavy atom. The molecule has 154 valence electrons. The van der Waals surface area contributed by atoms with E-state index in [9.17, 15) is 9.59 Å². The number of hydrogen-bond acceptors (Lipinski definition) is 4. The molecule has 1 aromatic heterocycles. The number of benzene rings is 2. The number of rotatable bonds is 5. The number of nitrogens with zero attached hydrogens (tertiary/aromatic N) is 1. The number of nitrogens with one attached hydrogen (secondary N) is 2. The zero-order chi connectivity index (χ0) is 21.3. The Morgan fingerprint density at radius 2 is 1.97 bits per heavy atom. The van der Waals surface area contributed by atoms with E-state index >= 15 is 0 Å². The van der Waals surface area contributed by atoms with Crippen molar-refractivity contribution in [3.8, 4) is 11.3 Å². The summed E-state index contributed by atoms with van der Waals surface area (Å²) in [6, 6.07) is 15.0. The van der Waals surface area contributed by atoms with Crippen molar-refractivity contribution >= 4 is 35.0 Å². The second-order valence-corrected chi connectivity index (χ2v) is 9.09. The normalized spacial score (nSPS) is 17.2. The number of thioether (sulfide) groups is 1. The van der Waals surface area contributed by atoms with E-state index in [1.807, 2.05) is 18.2 Å². The van der Waals surface area contributed by atoms with Crippen molar-refractivity contribution in [2.75, 3.05) is 11.1 Å². The number of H-pyrrole nitrogens is 1. The Kier molecular flexibility index (Phi) is 5.71. The molecule has 0 fully saturated rings. The molecule has 0 unspecified atom stereocenters. The number of aromatic amines is 1. The van der Waals surface area contributed by atoms with Crippen molar-refractivity contribution in [3.05, 3.63) is 75.0 Å². The molecule has 30 heavy (non-hydrogen) atoms. The van der Waals surface area contributed by atoms with Crippen LogP contribution in [0, 0.1) is 0 Å². The van der Waals surface area contributed by atoms with Gasteiger partial charge in [0.1, 0.15) is 0 Å². The van der Waals surface area contributed by atoms with Gasteiger partial charge in [-0.25, -0.2) is 4.98 Å². The van der Waals surface area contributed by atoms with Crippen LogP contribution in [-0.4, -0.2) is 21.6 Å². The van der Waals surface area contributed by atoms with E-state index in [1.54, 1.807) is 24.3 Å². The SMILES string of the molecule is CC[C@@]1(C)Cc2ccccc2-c2nc(SCC(=O)Nc3ccc(Cl)cc3)[nH]c(=O)c21. The van der Waals surface area contributed by atoms with Crippen molar-refractivity contribution in [2.24, 2.45) is 0 Å². The highest BCUT2D eigenvalue weighted by Crippen LogP contribution is 2.42. The Balaban J connectivity index is 1.59. The molecule has 3 aromatic rings. The molecule has 0 saturated heterocycles. The maximum absolute atomic E-state index is 13.0. The maximum Gasteiger partial charge on any atom is 0.255 e. The molecule has 0 radical (unpaired) electrons. The van der Waals surface area contributed by atoms with E-state index < -0.39 is 0 Å². The number of hydrogen-bond donors (Lipinski definition) is 2. The molecule has 7 heteroatoms. The lowest BCUT2D eigenvalue weighted by Crippen LogP contribution is -2.36. The number of carbonyl (C=O) groups excluding carboxylic acids is 1. The van der Waals surface area contributed by atoms with E-state index in [1.165, 1.54) is 17.3 Å². The Labute approximate surface area is 184 Å². The quantitative estimate of drug-likeness (QED) is 0.431. The summed E-state index contributed by atoms with van der Waals surface area (Å²) in [7, 11) is 0. The number of halogens is 1. The van der Waals surface area contributed by atoms with Crippen molar-refractivity contribution in [1.29, 1.82) is 0 Å². The van der Waals surface area contributed by atoms with Crippen molar-refractivity contribution in [3.63, 3.8) is 0 Å². The fourth-order valence-electron chi connectivity index (χ4n) is 3.86. The maximum atomic E-state index is 13.0. The number of anilines is 1. The average Bonchev–Trinajstić information content (AvgIpc) is 2.73. The first kappa shape index (κ1) is 20.7. The smallest absolute Gasteiger partial charge is 0.255 e. The van der Waals surface area contributed by atoms with Crippen molar-refractivity contribution < 1.29 is 4.79 Å². The summed E-state index contributed by atoms with van der Waals surface area (Å²) in [4.78, 5) is 33.0. The van der Waals surface area contributed by atoms with Crippen LogP contribution in [0.2, 0.25) is 5.02 Å². The van der Waals surface area contributed by atoms with Crippen molar-refractivity contribution in [1.82, 2.24) is 9.97 Å². The minimum atomic E-state index is -0.264. The van der Waals surface area contributed by atoms with Gasteiger partial charge in [-0.2, -0.15) is 0 Å². The van der Waals surface area contributed by atoms with Crippen LogP contribution in [0.4, 0.5) is 5.69 Å². The second kappa shape index (κ2) is 8.28. The number of fused-ring (bicyclic) bond motifs is 3. The first-order chi connectivity index (χ1) is 14.4. The van der Waals surface area contributed by atoms with E-state index in [0.29, 0.717) is 15.9 Å². The van der Waals surface area contributed by atoms with Gasteiger partial charge in [-0.15, -0.1) is 0 Å². The summed E-state index contributed by atoms with van der Waals surface area (Å²) in [5, 5.41) is 3.87. The first-order valence-electron chi connectivity index (χ1n) is 9.81. The lowest BCUT2D eigenvalue weighted by molar-refractivity contribution is -0.113. The van der Waals surface area contributed by atoms with Crippen LogP contribution < -0.4 is 10.9 Å². The van der Waals surface area contributed by atoms with Gasteiger partial charge in [0, 0.05) is 27.3 Å². The molecule has 2 N–H and O–H groups in total. The predicted octanol–water partition coefficient (Wildman–Crippen LogP) is 5.04. The van der Waals surface area contributed by atoms with Gasteiger partial charge >= 0.3 is 0 Å². The fourth-order valence-corrected chi connectivity index (χ4v) is 4.64. The highest BCUT2D eigenvalue weighted by molar-refractivity contribution is 7.99. The number of carbonyl (C=O) groups is 1. The predicted molar refractivity (Wildman–Crippen MR) is 122 cm³/mol. The molecule has 1 aliphatic carbocycles. The molecule has 5 nitrogen and oxygen atoms in total. The van der Waals surface area contributed by atoms with Gasteiger partial charge in [-0.1, -0.05) is 61.5 Å². The second-order valence-electron chi connectivity index (χ2n) is 7.69. The minimum Gasteiger partial charge on any atom is -0.325 e. The van der Waals surface area contributed by atoms with Gasteiger partial charge < -0.3 is 10.3 Å². The molecule has 0 aliphatic heterocycles. The van der Waals surface area contributed by atoms with Gasteiger partial charge in [0.15, 0.2) is 5.16 Å². The highest BCUT2D eigenvalue weighted by atomic mass is 35.5. The summed E-state index contributed by atoms with van der Waals surface area (Å²) in [6.45, 7) is 4.21. The summed E-state index contributed by atoms with van der Waals surface area (Å²) < 4.78 is 0. The van der Waals surface area contributed by atoms with Crippen molar-refractivity contribution in [2.45, 2.75) is 37.3 Å². The zero-order valence-corrected chi connectivity index (χ0v) is 18.4. The van der Waals surface area contributed by atoms with Crippen LogP contribution in [0.3, 0.4) is 0 Å². The lowest BCUT2D eigenvalue weighted by atomic mass is 9.69. The standard InChI is InChI=1S/C23H22ClN3O2S/c1-3-23(2)12-14-6-4-5-7-17(14)20-19(23)21(29)27-22(26-20)30-13-18(28)25-16-10-8-15(24)9-11-16/h4-11H,3,12-13H2,1-2H3,(H,25,28)(H,26,27,29)/t23-/m0/s1. The Bertz CT molecular complexity index is 1160. The summed E-state index contributed by atoms with van der Waals surface area (Å²) >= 11 is 7.09. The average molecular weight is 440 g/mol. The topological polar surface area (TPSA) is 74.8 Å². The van der Waals surface area contributed by atoms with Crippen LogP contribution in [0.1, 0.15) is 31.4 Å². The van der Waals surface area contributed by atoms with Crippen LogP contribution >= 0.6 is 23.4 Å². The third-order valence-electron chi connectivity index (χ3n) is 5.60. The van der Waals surface area contributed by atoms with E-state index in [2.05, 4.69) is 30.2 Å². The first-order valence-corrected chi connectivity index (χ1v) is 11.2. The Morgan fingerprint density at radius 3 is 2.70 bits per heavy atom. The summed E-state index contributed by atoms with van der Waals surface area (Å²) in [6.07, 6.45) is 1.66. The van der Waals surface area contributed by atoms with E-state index in [-0.39, 0.29) is 22.6 Å². The molecular formula is C23H22ClN3O2S. The molecule has 1 aliphatic rings. The van der Waals surface area contributed by atoms with Crippen LogP contribution in [0.15, 0.2) is 58.5 Å². The monoisotopic (exact) mass is 439 g/mol. The largest absolute Gasteiger partial charge is 0.325 e. The van der Waals surface area contributed by atoms with Gasteiger partial charge in [0.25, 0.3) is 5.56 Å². The summed E-state index contributed by atoms with van der Waals surface area (Å²) in [5.41, 5.74) is 3.94. The van der Waals surface area contributed by atoms with Gasteiger partial charge in [0.2, 0.25) is 5.91 Å². The van der Waals surface area contributed by atoms with Crippen LogP contribution in [-0.2, 0) is 16.6 Å². The van der Waals surface area contributed by atoms with Crippen LogP contribution in [0.5, 0.6) is 0 Å². The third-order valence-corrected chi connectivity index (χ3v) is 6.73. The molecule has 1 atom stereocenters.